The molecule has 1 aliphatic carbocycles. The van der Waals surface area contributed by atoms with Crippen molar-refractivity contribution in [2.75, 3.05) is 0 Å². The summed E-state index contributed by atoms with van der Waals surface area (Å²) < 4.78 is 1.06. The summed E-state index contributed by atoms with van der Waals surface area (Å²) in [5.41, 5.74) is 4.54. The van der Waals surface area contributed by atoms with Crippen LogP contribution < -0.4 is 17.1 Å². The van der Waals surface area contributed by atoms with E-state index in [1.165, 1.54) is 0 Å². The molecule has 2 rings (SSSR count). The highest BCUT2D eigenvalue weighted by Crippen LogP contribution is 2.38. The Morgan fingerprint density at radius 2 is 1.93 bits per heavy atom. The smallest absolute Gasteiger partial charge is 0.345 e. The maximum atomic E-state index is 11.3. The van der Waals surface area contributed by atoms with Gasteiger partial charge in [0.1, 0.15) is 0 Å². The molecule has 1 unspecified atom stereocenters. The lowest BCUT2D eigenvalue weighted by molar-refractivity contribution is 0.539. The molecule has 1 atom stereocenters. The molecule has 1 fully saturated rings. The molecular formula is C7H10N4O2S. The van der Waals surface area contributed by atoms with E-state index in [0.717, 1.165) is 17.4 Å². The SMILES string of the molecule is NC(=S)C(C1CC1)n1c(=O)[nH][nH]c1=O. The second-order valence-electron chi connectivity index (χ2n) is 3.41. The third-order valence-electron chi connectivity index (χ3n) is 2.35. The number of thiocarbonyl (C=S) groups is 1. The summed E-state index contributed by atoms with van der Waals surface area (Å²) in [7, 11) is 0. The van der Waals surface area contributed by atoms with Crippen molar-refractivity contribution in [2.45, 2.75) is 18.9 Å². The van der Waals surface area contributed by atoms with E-state index in [4.69, 9.17) is 18.0 Å². The fraction of sp³-hybridized carbons (Fsp3) is 0.571. The van der Waals surface area contributed by atoms with E-state index >= 15 is 0 Å². The molecule has 0 aromatic carbocycles. The van der Waals surface area contributed by atoms with Crippen LogP contribution in [0.5, 0.6) is 0 Å². The van der Waals surface area contributed by atoms with Gasteiger partial charge in [-0.05, 0) is 18.8 Å². The van der Waals surface area contributed by atoms with Crippen molar-refractivity contribution in [1.29, 1.82) is 0 Å². The minimum atomic E-state index is -0.486. The van der Waals surface area contributed by atoms with Gasteiger partial charge in [0.25, 0.3) is 0 Å². The van der Waals surface area contributed by atoms with Crippen LogP contribution in [0.1, 0.15) is 18.9 Å². The Hall–Kier alpha value is -1.37. The van der Waals surface area contributed by atoms with E-state index in [1.54, 1.807) is 0 Å². The highest BCUT2D eigenvalue weighted by atomic mass is 32.1. The van der Waals surface area contributed by atoms with Crippen LogP contribution in [-0.2, 0) is 0 Å². The Morgan fingerprint density at radius 1 is 1.43 bits per heavy atom. The van der Waals surface area contributed by atoms with Gasteiger partial charge in [-0.3, -0.25) is 0 Å². The first-order chi connectivity index (χ1) is 6.61. The number of H-pyrrole nitrogens is 2. The van der Waals surface area contributed by atoms with E-state index < -0.39 is 17.4 Å². The van der Waals surface area contributed by atoms with Crippen molar-refractivity contribution in [3.05, 3.63) is 21.0 Å². The second kappa shape index (κ2) is 3.09. The Kier molecular flexibility index (Phi) is 2.03. The van der Waals surface area contributed by atoms with Crippen molar-refractivity contribution in [3.63, 3.8) is 0 Å². The van der Waals surface area contributed by atoms with Crippen molar-refractivity contribution in [1.82, 2.24) is 14.8 Å². The molecule has 6 nitrogen and oxygen atoms in total. The van der Waals surface area contributed by atoms with Gasteiger partial charge in [-0.15, -0.1) is 0 Å². The lowest BCUT2D eigenvalue weighted by Gasteiger charge is -2.12. The average molecular weight is 214 g/mol. The summed E-state index contributed by atoms with van der Waals surface area (Å²) in [5, 5.41) is 4.42. The Balaban J connectivity index is 2.49. The molecule has 1 aromatic heterocycles. The lowest BCUT2D eigenvalue weighted by Crippen LogP contribution is -2.38. The summed E-state index contributed by atoms with van der Waals surface area (Å²) in [6.45, 7) is 0. The van der Waals surface area contributed by atoms with Crippen LogP contribution >= 0.6 is 12.2 Å². The van der Waals surface area contributed by atoms with Crippen LogP contribution in [0.3, 0.4) is 0 Å². The van der Waals surface area contributed by atoms with Gasteiger partial charge < -0.3 is 5.73 Å². The van der Waals surface area contributed by atoms with Crippen LogP contribution in [0, 0.1) is 5.92 Å². The molecule has 1 saturated carbocycles. The van der Waals surface area contributed by atoms with E-state index in [1.807, 2.05) is 0 Å². The summed E-state index contributed by atoms with van der Waals surface area (Å²) in [6, 6.07) is -0.438. The topological polar surface area (TPSA) is 96.7 Å². The van der Waals surface area contributed by atoms with Gasteiger partial charge in [0.15, 0.2) is 0 Å². The van der Waals surface area contributed by atoms with Gasteiger partial charge in [0.05, 0.1) is 11.0 Å². The Morgan fingerprint density at radius 3 is 2.29 bits per heavy atom. The predicted molar refractivity (Wildman–Crippen MR) is 54.2 cm³/mol. The van der Waals surface area contributed by atoms with Gasteiger partial charge in [0, 0.05) is 0 Å². The molecule has 0 aliphatic heterocycles. The van der Waals surface area contributed by atoms with Crippen LogP contribution in [0.15, 0.2) is 9.59 Å². The monoisotopic (exact) mass is 214 g/mol. The zero-order chi connectivity index (χ0) is 10.3. The van der Waals surface area contributed by atoms with Crippen LogP contribution in [-0.4, -0.2) is 19.8 Å². The molecule has 0 radical (unpaired) electrons. The highest BCUT2D eigenvalue weighted by molar-refractivity contribution is 7.80. The summed E-state index contributed by atoms with van der Waals surface area (Å²) in [6.07, 6.45) is 1.91. The molecule has 0 bridgehead atoms. The highest BCUT2D eigenvalue weighted by Gasteiger charge is 2.36. The number of hydrogen-bond donors (Lipinski definition) is 3. The second-order valence-corrected chi connectivity index (χ2v) is 3.89. The molecule has 4 N–H and O–H groups in total. The fourth-order valence-corrected chi connectivity index (χ4v) is 1.85. The zero-order valence-corrected chi connectivity index (χ0v) is 8.13. The molecule has 1 aliphatic rings. The van der Waals surface area contributed by atoms with Gasteiger partial charge in [-0.2, -0.15) is 0 Å². The minimum absolute atomic E-state index is 0.194. The van der Waals surface area contributed by atoms with E-state index in [-0.39, 0.29) is 10.9 Å². The van der Waals surface area contributed by atoms with Crippen LogP contribution in [0.2, 0.25) is 0 Å². The maximum Gasteiger partial charge on any atom is 0.345 e. The zero-order valence-electron chi connectivity index (χ0n) is 7.32. The quantitative estimate of drug-likeness (QED) is 0.568. The first-order valence-electron chi connectivity index (χ1n) is 4.29. The minimum Gasteiger partial charge on any atom is -0.392 e. The van der Waals surface area contributed by atoms with E-state index in [2.05, 4.69) is 10.2 Å². The Labute approximate surface area is 84.1 Å². The van der Waals surface area contributed by atoms with Gasteiger partial charge >= 0.3 is 11.4 Å². The van der Waals surface area contributed by atoms with Crippen molar-refractivity contribution < 1.29 is 0 Å². The van der Waals surface area contributed by atoms with Gasteiger partial charge in [-0.1, -0.05) is 12.2 Å². The van der Waals surface area contributed by atoms with Gasteiger partial charge in [0.2, 0.25) is 0 Å². The molecule has 0 saturated heterocycles. The largest absolute Gasteiger partial charge is 0.392 e. The number of nitrogens with two attached hydrogens (primary N) is 1. The third kappa shape index (κ3) is 1.39. The van der Waals surface area contributed by atoms with Crippen molar-refractivity contribution in [2.24, 2.45) is 11.7 Å². The van der Waals surface area contributed by atoms with E-state index in [0.29, 0.717) is 0 Å². The Bertz CT molecular complexity index is 439. The third-order valence-corrected chi connectivity index (χ3v) is 2.59. The molecular weight excluding hydrogens is 204 g/mol. The molecule has 0 amide bonds. The molecule has 7 heteroatoms. The number of nitrogens with one attached hydrogen (secondary N) is 2. The average Bonchev–Trinajstić information content (AvgIpc) is 2.87. The predicted octanol–water partition coefficient (Wildman–Crippen LogP) is -0.898. The van der Waals surface area contributed by atoms with Gasteiger partial charge in [-0.25, -0.2) is 24.4 Å². The normalized spacial score (nSPS) is 18.0. The summed E-state index contributed by atoms with van der Waals surface area (Å²) >= 11 is 4.85. The number of nitrogens with zero attached hydrogens (tertiary/aromatic N) is 1. The first kappa shape index (κ1) is 9.20. The van der Waals surface area contributed by atoms with Crippen LogP contribution in [0.25, 0.3) is 0 Å². The molecule has 1 heterocycles. The summed E-state index contributed by atoms with van der Waals surface area (Å²) in [4.78, 5) is 22.8. The molecule has 14 heavy (non-hydrogen) atoms. The molecule has 1 aromatic rings. The standard InChI is InChI=1S/C7H10N4O2S/c8-5(14)4(3-1-2-3)11-6(12)9-10-7(11)13/h3-4H,1-2H2,(H2,8,14)(H,9,12)(H,10,13). The molecule has 0 spiro atoms. The van der Waals surface area contributed by atoms with Crippen LogP contribution in [0.4, 0.5) is 0 Å². The van der Waals surface area contributed by atoms with E-state index in [9.17, 15) is 9.59 Å². The maximum absolute atomic E-state index is 11.3. The number of aromatic amines is 2. The number of hydrogen-bond acceptors (Lipinski definition) is 3. The summed E-state index contributed by atoms with van der Waals surface area (Å²) in [5.74, 6) is 0.238. The fourth-order valence-electron chi connectivity index (χ4n) is 1.55. The first-order valence-corrected chi connectivity index (χ1v) is 4.70. The number of rotatable bonds is 3. The molecule has 76 valence electrons. The van der Waals surface area contributed by atoms with Crippen molar-refractivity contribution >= 4 is 17.2 Å². The number of aromatic nitrogens is 3. The lowest BCUT2D eigenvalue weighted by atomic mass is 10.2. The van der Waals surface area contributed by atoms with Crippen molar-refractivity contribution in [3.8, 4) is 0 Å².